The predicted molar refractivity (Wildman–Crippen MR) is 96.3 cm³/mol. The van der Waals surface area contributed by atoms with E-state index in [2.05, 4.69) is 4.98 Å². The molecular formula is C19H16ClNO4. The Balaban J connectivity index is 1.93. The van der Waals surface area contributed by atoms with Crippen molar-refractivity contribution in [3.8, 4) is 5.75 Å². The van der Waals surface area contributed by atoms with Crippen molar-refractivity contribution in [1.29, 1.82) is 0 Å². The van der Waals surface area contributed by atoms with Crippen LogP contribution in [-0.2, 0) is 11.3 Å². The van der Waals surface area contributed by atoms with E-state index < -0.39 is 11.4 Å². The first-order chi connectivity index (χ1) is 12.1. The molecule has 0 saturated carbocycles. The van der Waals surface area contributed by atoms with Crippen molar-refractivity contribution in [3.63, 3.8) is 0 Å². The number of carbonyl (C=O) groups is 1. The van der Waals surface area contributed by atoms with Gasteiger partial charge in [0.1, 0.15) is 17.9 Å². The Labute approximate surface area is 149 Å². The summed E-state index contributed by atoms with van der Waals surface area (Å²) in [6.07, 6.45) is 1.34. The van der Waals surface area contributed by atoms with Gasteiger partial charge in [0.15, 0.2) is 0 Å². The van der Waals surface area contributed by atoms with Gasteiger partial charge >= 0.3 is 5.97 Å². The second-order valence-corrected chi connectivity index (χ2v) is 5.76. The third-order valence-electron chi connectivity index (χ3n) is 3.67. The number of fused-ring (bicyclic) bond motifs is 1. The second kappa shape index (κ2) is 7.40. The third kappa shape index (κ3) is 3.67. The van der Waals surface area contributed by atoms with Gasteiger partial charge in [-0.2, -0.15) is 0 Å². The van der Waals surface area contributed by atoms with Crippen LogP contribution >= 0.6 is 11.6 Å². The van der Waals surface area contributed by atoms with Crippen LogP contribution in [0.1, 0.15) is 22.8 Å². The van der Waals surface area contributed by atoms with Crippen molar-refractivity contribution in [2.24, 2.45) is 0 Å². The molecule has 0 bridgehead atoms. The summed E-state index contributed by atoms with van der Waals surface area (Å²) < 4.78 is 10.6. The van der Waals surface area contributed by atoms with E-state index >= 15 is 0 Å². The number of aromatic nitrogens is 1. The van der Waals surface area contributed by atoms with Crippen molar-refractivity contribution >= 4 is 28.5 Å². The van der Waals surface area contributed by atoms with Crippen LogP contribution in [0.4, 0.5) is 0 Å². The Hall–Kier alpha value is -2.79. The first kappa shape index (κ1) is 17.0. The average molecular weight is 358 g/mol. The Bertz CT molecular complexity index is 966. The summed E-state index contributed by atoms with van der Waals surface area (Å²) in [5.74, 6) is -0.205. The number of rotatable bonds is 5. The van der Waals surface area contributed by atoms with E-state index in [9.17, 15) is 9.59 Å². The number of carbonyl (C=O) groups excluding carboxylic acids is 1. The minimum absolute atomic E-state index is 0.0524. The molecule has 0 aliphatic heterocycles. The molecule has 1 aromatic heterocycles. The van der Waals surface area contributed by atoms with Crippen LogP contribution in [0.2, 0.25) is 5.02 Å². The van der Waals surface area contributed by atoms with Gasteiger partial charge < -0.3 is 14.5 Å². The molecule has 0 aliphatic carbocycles. The maximum atomic E-state index is 12.5. The highest BCUT2D eigenvalue weighted by Crippen LogP contribution is 2.29. The summed E-state index contributed by atoms with van der Waals surface area (Å²) in [5, 5.41) is 0.609. The SMILES string of the molecule is CCOC(=O)c1c[nH]c2cc(OCc3ccccc3)c(Cl)cc2c1=O. The van der Waals surface area contributed by atoms with Gasteiger partial charge in [0.2, 0.25) is 5.43 Å². The lowest BCUT2D eigenvalue weighted by Crippen LogP contribution is -2.18. The van der Waals surface area contributed by atoms with Gasteiger partial charge in [0, 0.05) is 17.6 Å². The lowest BCUT2D eigenvalue weighted by molar-refractivity contribution is 0.0524. The minimum atomic E-state index is -0.661. The number of hydrogen-bond donors (Lipinski definition) is 1. The average Bonchev–Trinajstić information content (AvgIpc) is 2.62. The zero-order chi connectivity index (χ0) is 17.8. The Morgan fingerprint density at radius 2 is 1.96 bits per heavy atom. The first-order valence-electron chi connectivity index (χ1n) is 7.79. The molecule has 1 N–H and O–H groups in total. The number of pyridine rings is 1. The van der Waals surface area contributed by atoms with Crippen molar-refractivity contribution in [1.82, 2.24) is 4.98 Å². The molecular weight excluding hydrogens is 342 g/mol. The number of esters is 1. The standard InChI is InChI=1S/C19H16ClNO4/c1-2-24-19(23)14-10-21-16-9-17(15(20)8-13(16)18(14)22)25-11-12-6-4-3-5-7-12/h3-10H,2,11H2,1H3,(H,21,22). The van der Waals surface area contributed by atoms with Gasteiger partial charge in [0.05, 0.1) is 17.1 Å². The zero-order valence-electron chi connectivity index (χ0n) is 13.5. The Morgan fingerprint density at radius 1 is 1.20 bits per heavy atom. The summed E-state index contributed by atoms with van der Waals surface area (Å²) >= 11 is 6.24. The van der Waals surface area contributed by atoms with Crippen molar-refractivity contribution in [2.75, 3.05) is 6.61 Å². The van der Waals surface area contributed by atoms with Crippen LogP contribution in [-0.4, -0.2) is 17.6 Å². The molecule has 0 unspecified atom stereocenters. The number of H-pyrrole nitrogens is 1. The topological polar surface area (TPSA) is 68.4 Å². The van der Waals surface area contributed by atoms with E-state index in [1.807, 2.05) is 30.3 Å². The number of aromatic amines is 1. The van der Waals surface area contributed by atoms with Gasteiger partial charge in [-0.05, 0) is 18.6 Å². The fourth-order valence-corrected chi connectivity index (χ4v) is 2.65. The highest BCUT2D eigenvalue weighted by atomic mass is 35.5. The molecule has 0 atom stereocenters. The zero-order valence-corrected chi connectivity index (χ0v) is 14.3. The van der Waals surface area contributed by atoms with Crippen molar-refractivity contribution < 1.29 is 14.3 Å². The number of benzene rings is 2. The fraction of sp³-hybridized carbons (Fsp3) is 0.158. The van der Waals surface area contributed by atoms with E-state index in [0.29, 0.717) is 28.3 Å². The molecule has 3 rings (SSSR count). The molecule has 128 valence electrons. The van der Waals surface area contributed by atoms with Gasteiger partial charge in [-0.1, -0.05) is 41.9 Å². The molecule has 0 saturated heterocycles. The molecule has 25 heavy (non-hydrogen) atoms. The van der Waals surface area contributed by atoms with E-state index in [-0.39, 0.29) is 12.2 Å². The molecule has 0 amide bonds. The van der Waals surface area contributed by atoms with E-state index in [1.165, 1.54) is 12.3 Å². The summed E-state index contributed by atoms with van der Waals surface area (Å²) in [6, 6.07) is 12.8. The molecule has 0 aliphatic rings. The first-order valence-corrected chi connectivity index (χ1v) is 8.16. The molecule has 0 radical (unpaired) electrons. The quantitative estimate of drug-likeness (QED) is 0.702. The van der Waals surface area contributed by atoms with Crippen LogP contribution in [0.15, 0.2) is 53.5 Å². The monoisotopic (exact) mass is 357 g/mol. The summed E-state index contributed by atoms with van der Waals surface area (Å²) in [6.45, 7) is 2.24. The molecule has 0 spiro atoms. The molecule has 1 heterocycles. The number of ether oxygens (including phenoxy) is 2. The fourth-order valence-electron chi connectivity index (χ4n) is 2.43. The van der Waals surface area contributed by atoms with Gasteiger partial charge in [-0.15, -0.1) is 0 Å². The predicted octanol–water partition coefficient (Wildman–Crippen LogP) is 3.94. The maximum absolute atomic E-state index is 12.5. The minimum Gasteiger partial charge on any atom is -0.487 e. The number of hydrogen-bond acceptors (Lipinski definition) is 4. The second-order valence-electron chi connectivity index (χ2n) is 5.35. The van der Waals surface area contributed by atoms with Crippen molar-refractivity contribution in [3.05, 3.63) is 75.0 Å². The molecule has 5 nitrogen and oxygen atoms in total. The number of halogens is 1. The summed E-state index contributed by atoms with van der Waals surface area (Å²) in [5.41, 5.74) is 1.06. The van der Waals surface area contributed by atoms with Crippen molar-refractivity contribution in [2.45, 2.75) is 13.5 Å². The highest BCUT2D eigenvalue weighted by molar-refractivity contribution is 6.32. The summed E-state index contributed by atoms with van der Waals surface area (Å²) in [4.78, 5) is 27.2. The normalized spacial score (nSPS) is 10.6. The van der Waals surface area contributed by atoms with Gasteiger partial charge in [0.25, 0.3) is 0 Å². The third-order valence-corrected chi connectivity index (χ3v) is 3.96. The maximum Gasteiger partial charge on any atom is 0.343 e. The highest BCUT2D eigenvalue weighted by Gasteiger charge is 2.15. The Morgan fingerprint density at radius 3 is 2.68 bits per heavy atom. The van der Waals surface area contributed by atoms with Gasteiger partial charge in [-0.25, -0.2) is 4.79 Å². The largest absolute Gasteiger partial charge is 0.487 e. The van der Waals surface area contributed by atoms with E-state index in [1.54, 1.807) is 13.0 Å². The smallest absolute Gasteiger partial charge is 0.343 e. The summed E-state index contributed by atoms with van der Waals surface area (Å²) in [7, 11) is 0. The van der Waals surface area contributed by atoms with Crippen LogP contribution in [0.3, 0.4) is 0 Å². The van der Waals surface area contributed by atoms with Crippen LogP contribution in [0.25, 0.3) is 10.9 Å². The van der Waals surface area contributed by atoms with Crippen LogP contribution < -0.4 is 10.2 Å². The lowest BCUT2D eigenvalue weighted by atomic mass is 10.1. The molecule has 3 aromatic rings. The van der Waals surface area contributed by atoms with Gasteiger partial charge in [-0.3, -0.25) is 4.79 Å². The molecule has 6 heteroatoms. The number of nitrogens with one attached hydrogen (secondary N) is 1. The van der Waals surface area contributed by atoms with Crippen LogP contribution in [0.5, 0.6) is 5.75 Å². The molecule has 0 fully saturated rings. The van der Waals surface area contributed by atoms with Crippen LogP contribution in [0, 0.1) is 0 Å². The van der Waals surface area contributed by atoms with E-state index in [4.69, 9.17) is 21.1 Å². The lowest BCUT2D eigenvalue weighted by Gasteiger charge is -2.10. The molecule has 2 aromatic carbocycles. The van der Waals surface area contributed by atoms with E-state index in [0.717, 1.165) is 5.56 Å². The Kier molecular flexibility index (Phi) is 5.05.